The van der Waals surface area contributed by atoms with E-state index in [9.17, 15) is 4.79 Å². The molecule has 1 aromatic carbocycles. The van der Waals surface area contributed by atoms with Crippen molar-refractivity contribution in [3.8, 4) is 5.75 Å². The van der Waals surface area contributed by atoms with Crippen LogP contribution in [0, 0.1) is 6.92 Å². The van der Waals surface area contributed by atoms with Crippen molar-refractivity contribution in [3.05, 3.63) is 41.1 Å². The molecule has 6 nitrogen and oxygen atoms in total. The second-order valence-corrected chi connectivity index (χ2v) is 5.72. The summed E-state index contributed by atoms with van der Waals surface area (Å²) in [5.41, 5.74) is 3.29. The molecule has 1 amide bonds. The van der Waals surface area contributed by atoms with Crippen molar-refractivity contribution in [1.82, 2.24) is 15.5 Å². The fraction of sp³-hybridized carbons (Fsp3) is 0.412. The lowest BCUT2D eigenvalue weighted by Gasteiger charge is -2.13. The maximum Gasteiger partial charge on any atom is 0.225 e. The molecule has 0 unspecified atom stereocenters. The van der Waals surface area contributed by atoms with Crippen molar-refractivity contribution in [2.24, 2.45) is 0 Å². The predicted molar refractivity (Wildman–Crippen MR) is 88.5 cm³/mol. The monoisotopic (exact) mass is 314 g/mol. The molecule has 0 atom stereocenters. The number of carbonyl (C=O) groups excluding carboxylic acids is 1. The minimum Gasteiger partial charge on any atom is -0.493 e. The number of hydrogen-bond donors (Lipinski definition) is 3. The number of fused-ring (bicyclic) bond motifs is 1. The Kier molecular flexibility index (Phi) is 4.92. The van der Waals surface area contributed by atoms with Gasteiger partial charge < -0.3 is 15.4 Å². The summed E-state index contributed by atoms with van der Waals surface area (Å²) in [6.45, 7) is 4.24. The Morgan fingerprint density at radius 3 is 3.13 bits per heavy atom. The van der Waals surface area contributed by atoms with Crippen molar-refractivity contribution >= 4 is 11.7 Å². The first kappa shape index (κ1) is 15.6. The smallest absolute Gasteiger partial charge is 0.225 e. The summed E-state index contributed by atoms with van der Waals surface area (Å²) in [5.74, 6) is 1.53. The fourth-order valence-electron chi connectivity index (χ4n) is 2.67. The number of anilines is 1. The predicted octanol–water partition coefficient (Wildman–Crippen LogP) is 2.16. The Bertz CT molecular complexity index is 681. The molecule has 1 aliphatic rings. The number of aromatic nitrogens is 2. The zero-order valence-electron chi connectivity index (χ0n) is 13.3. The number of rotatable bonds is 6. The van der Waals surface area contributed by atoms with Gasteiger partial charge in [-0.1, -0.05) is 18.2 Å². The number of ether oxygens (including phenoxy) is 1. The van der Waals surface area contributed by atoms with E-state index < -0.39 is 0 Å². The van der Waals surface area contributed by atoms with E-state index in [-0.39, 0.29) is 5.91 Å². The van der Waals surface area contributed by atoms with Gasteiger partial charge in [-0.15, -0.1) is 0 Å². The van der Waals surface area contributed by atoms with E-state index in [0.29, 0.717) is 25.3 Å². The lowest BCUT2D eigenvalue weighted by atomic mass is 10.1. The maximum atomic E-state index is 12.0. The highest BCUT2D eigenvalue weighted by Crippen LogP contribution is 2.20. The van der Waals surface area contributed by atoms with Gasteiger partial charge in [-0.2, -0.15) is 5.10 Å². The average molecular weight is 314 g/mol. The lowest BCUT2D eigenvalue weighted by molar-refractivity contribution is -0.116. The third-order valence-electron chi connectivity index (χ3n) is 3.96. The lowest BCUT2D eigenvalue weighted by Crippen LogP contribution is -2.24. The molecular weight excluding hydrogens is 292 g/mol. The van der Waals surface area contributed by atoms with Crippen LogP contribution in [-0.4, -0.2) is 29.3 Å². The summed E-state index contributed by atoms with van der Waals surface area (Å²) in [6.07, 6.45) is 1.98. The fourth-order valence-corrected chi connectivity index (χ4v) is 2.67. The Hall–Kier alpha value is -2.34. The molecule has 3 rings (SSSR count). The standard InChI is InChI=1S/C17H22N4O2/c1-12-5-2-3-6-15(12)23-10-4-7-16(22)19-17-13-8-9-18-11-14(13)20-21-17/h2-3,5-6,18H,4,7-11H2,1H3,(H2,19,20,21,22). The molecule has 0 radical (unpaired) electrons. The van der Waals surface area contributed by atoms with Crippen LogP contribution >= 0.6 is 0 Å². The summed E-state index contributed by atoms with van der Waals surface area (Å²) in [4.78, 5) is 12.0. The molecule has 1 aliphatic heterocycles. The zero-order valence-corrected chi connectivity index (χ0v) is 13.3. The van der Waals surface area contributed by atoms with Gasteiger partial charge in [-0.05, 0) is 37.9 Å². The van der Waals surface area contributed by atoms with Gasteiger partial charge in [0, 0.05) is 18.5 Å². The Morgan fingerprint density at radius 1 is 1.39 bits per heavy atom. The zero-order chi connectivity index (χ0) is 16.1. The van der Waals surface area contributed by atoms with Crippen molar-refractivity contribution in [2.45, 2.75) is 32.7 Å². The number of benzene rings is 1. The van der Waals surface area contributed by atoms with Gasteiger partial charge in [0.2, 0.25) is 5.91 Å². The number of para-hydroxylation sites is 1. The highest BCUT2D eigenvalue weighted by atomic mass is 16.5. The molecule has 0 saturated carbocycles. The highest BCUT2D eigenvalue weighted by molar-refractivity contribution is 5.90. The molecular formula is C17H22N4O2. The molecule has 2 aromatic rings. The van der Waals surface area contributed by atoms with E-state index in [0.717, 1.165) is 42.1 Å². The molecule has 0 aliphatic carbocycles. The van der Waals surface area contributed by atoms with Crippen LogP contribution in [0.1, 0.15) is 29.7 Å². The maximum absolute atomic E-state index is 12.0. The van der Waals surface area contributed by atoms with Gasteiger partial charge in [0.05, 0.1) is 12.3 Å². The van der Waals surface area contributed by atoms with Crippen LogP contribution in [0.15, 0.2) is 24.3 Å². The number of H-pyrrole nitrogens is 1. The number of aromatic amines is 1. The Balaban J connectivity index is 1.43. The highest BCUT2D eigenvalue weighted by Gasteiger charge is 2.17. The number of nitrogens with one attached hydrogen (secondary N) is 3. The van der Waals surface area contributed by atoms with Crippen LogP contribution in [0.4, 0.5) is 5.82 Å². The van der Waals surface area contributed by atoms with E-state index in [1.807, 2.05) is 31.2 Å². The molecule has 0 saturated heterocycles. The topological polar surface area (TPSA) is 79.0 Å². The normalized spacial score (nSPS) is 13.4. The number of nitrogens with zero attached hydrogens (tertiary/aromatic N) is 1. The number of aryl methyl sites for hydroxylation is 1. The molecule has 1 aromatic heterocycles. The van der Waals surface area contributed by atoms with Gasteiger partial charge in [-0.3, -0.25) is 9.89 Å². The minimum absolute atomic E-state index is 0.0220. The van der Waals surface area contributed by atoms with E-state index in [1.54, 1.807) is 0 Å². The van der Waals surface area contributed by atoms with Gasteiger partial charge >= 0.3 is 0 Å². The summed E-state index contributed by atoms with van der Waals surface area (Å²) in [6, 6.07) is 7.89. The minimum atomic E-state index is -0.0220. The summed E-state index contributed by atoms with van der Waals surface area (Å²) in [5, 5.41) is 13.3. The van der Waals surface area contributed by atoms with Crippen molar-refractivity contribution < 1.29 is 9.53 Å². The third kappa shape index (κ3) is 3.90. The van der Waals surface area contributed by atoms with Crippen LogP contribution in [-0.2, 0) is 17.8 Å². The Morgan fingerprint density at radius 2 is 2.26 bits per heavy atom. The quantitative estimate of drug-likeness (QED) is 0.714. The number of carbonyl (C=O) groups is 1. The molecule has 23 heavy (non-hydrogen) atoms. The Labute approximate surface area is 135 Å². The first-order chi connectivity index (χ1) is 11.2. The molecule has 0 fully saturated rings. The van der Waals surface area contributed by atoms with Gasteiger partial charge in [0.15, 0.2) is 5.82 Å². The second-order valence-electron chi connectivity index (χ2n) is 5.72. The van der Waals surface area contributed by atoms with Crippen LogP contribution < -0.4 is 15.4 Å². The molecule has 6 heteroatoms. The molecule has 0 spiro atoms. The van der Waals surface area contributed by atoms with E-state index in [2.05, 4.69) is 20.8 Å². The SMILES string of the molecule is Cc1ccccc1OCCCC(=O)Nc1n[nH]c2c1CCNC2. The van der Waals surface area contributed by atoms with Crippen LogP contribution in [0.2, 0.25) is 0 Å². The summed E-state index contributed by atoms with van der Waals surface area (Å²) < 4.78 is 5.70. The van der Waals surface area contributed by atoms with Crippen LogP contribution in [0.25, 0.3) is 0 Å². The van der Waals surface area contributed by atoms with Crippen LogP contribution in [0.3, 0.4) is 0 Å². The molecule has 122 valence electrons. The van der Waals surface area contributed by atoms with E-state index in [4.69, 9.17) is 4.74 Å². The second kappa shape index (κ2) is 7.28. The van der Waals surface area contributed by atoms with Crippen molar-refractivity contribution in [3.63, 3.8) is 0 Å². The first-order valence-corrected chi connectivity index (χ1v) is 7.99. The number of amides is 1. The molecule has 2 heterocycles. The van der Waals surface area contributed by atoms with Crippen molar-refractivity contribution in [2.75, 3.05) is 18.5 Å². The van der Waals surface area contributed by atoms with Crippen LogP contribution in [0.5, 0.6) is 5.75 Å². The van der Waals surface area contributed by atoms with Gasteiger partial charge in [-0.25, -0.2) is 0 Å². The molecule has 0 bridgehead atoms. The summed E-state index contributed by atoms with van der Waals surface area (Å²) >= 11 is 0. The first-order valence-electron chi connectivity index (χ1n) is 7.99. The number of hydrogen-bond acceptors (Lipinski definition) is 4. The van der Waals surface area contributed by atoms with Gasteiger partial charge in [0.1, 0.15) is 5.75 Å². The van der Waals surface area contributed by atoms with Gasteiger partial charge in [0.25, 0.3) is 0 Å². The molecule has 3 N–H and O–H groups in total. The summed E-state index contributed by atoms with van der Waals surface area (Å²) in [7, 11) is 0. The largest absolute Gasteiger partial charge is 0.493 e. The van der Waals surface area contributed by atoms with E-state index in [1.165, 1.54) is 0 Å². The third-order valence-corrected chi connectivity index (χ3v) is 3.96. The van der Waals surface area contributed by atoms with E-state index >= 15 is 0 Å². The average Bonchev–Trinajstić information content (AvgIpc) is 2.96. The van der Waals surface area contributed by atoms with Crippen molar-refractivity contribution in [1.29, 1.82) is 0 Å².